The molecule has 0 atom stereocenters. The lowest BCUT2D eigenvalue weighted by Crippen LogP contribution is -2.12. The van der Waals surface area contributed by atoms with Crippen LogP contribution < -0.4 is 15.8 Å². The maximum absolute atomic E-state index is 11.6. The fraction of sp³-hybridized carbons (Fsp3) is 0.105. The summed E-state index contributed by atoms with van der Waals surface area (Å²) in [6.07, 6.45) is 1.67. The number of hydrogen-bond acceptors (Lipinski definition) is 7. The standard InChI is InChI=1S/C19H19N7O2S/c1-26-12-22-16-17(21-11-13-6-3-2-4-7-13)24-19(25-18(16)26)23-14-8-5-9-15(10-14)29(20,27)28/h2-10,12H,11H2,1H3,(H2,20,27,28)(H2,21,23,24,25). The summed E-state index contributed by atoms with van der Waals surface area (Å²) < 4.78 is 25.0. The van der Waals surface area contributed by atoms with Gasteiger partial charge >= 0.3 is 0 Å². The molecule has 0 aliphatic carbocycles. The molecule has 0 bridgehead atoms. The highest BCUT2D eigenvalue weighted by Gasteiger charge is 2.13. The van der Waals surface area contributed by atoms with Crippen molar-refractivity contribution in [2.75, 3.05) is 10.6 Å². The third kappa shape index (κ3) is 4.18. The fourth-order valence-corrected chi connectivity index (χ4v) is 3.41. The number of aryl methyl sites for hydroxylation is 1. The van der Waals surface area contributed by atoms with E-state index in [2.05, 4.69) is 25.6 Å². The summed E-state index contributed by atoms with van der Waals surface area (Å²) in [5.74, 6) is 0.882. The van der Waals surface area contributed by atoms with E-state index in [9.17, 15) is 8.42 Å². The summed E-state index contributed by atoms with van der Waals surface area (Å²) in [6, 6.07) is 16.1. The molecule has 0 radical (unpaired) electrons. The van der Waals surface area contributed by atoms with E-state index in [0.717, 1.165) is 5.56 Å². The summed E-state index contributed by atoms with van der Waals surface area (Å²) in [4.78, 5) is 13.4. The smallest absolute Gasteiger partial charge is 0.238 e. The molecule has 0 fully saturated rings. The zero-order valence-corrected chi connectivity index (χ0v) is 16.4. The lowest BCUT2D eigenvalue weighted by molar-refractivity contribution is 0.598. The number of aromatic nitrogens is 4. The molecule has 0 saturated carbocycles. The maximum atomic E-state index is 11.6. The number of hydrogen-bond donors (Lipinski definition) is 3. The molecule has 0 amide bonds. The average Bonchev–Trinajstić information content (AvgIpc) is 3.08. The second-order valence-corrected chi connectivity index (χ2v) is 8.02. The van der Waals surface area contributed by atoms with Gasteiger partial charge in [-0.1, -0.05) is 36.4 Å². The zero-order valence-electron chi connectivity index (χ0n) is 15.6. The van der Waals surface area contributed by atoms with Crippen molar-refractivity contribution in [2.45, 2.75) is 11.4 Å². The van der Waals surface area contributed by atoms with E-state index >= 15 is 0 Å². The first-order chi connectivity index (χ1) is 13.9. The molecule has 4 aromatic rings. The Labute approximate surface area is 167 Å². The van der Waals surface area contributed by atoms with E-state index in [4.69, 9.17) is 5.14 Å². The van der Waals surface area contributed by atoms with Gasteiger partial charge in [0, 0.05) is 19.3 Å². The maximum Gasteiger partial charge on any atom is 0.238 e. The van der Waals surface area contributed by atoms with E-state index in [1.54, 1.807) is 23.0 Å². The number of rotatable bonds is 6. The number of nitrogens with one attached hydrogen (secondary N) is 2. The van der Waals surface area contributed by atoms with Gasteiger partial charge in [0.15, 0.2) is 17.0 Å². The van der Waals surface area contributed by atoms with Crippen LogP contribution in [-0.4, -0.2) is 27.9 Å². The molecule has 29 heavy (non-hydrogen) atoms. The van der Waals surface area contributed by atoms with Crippen LogP contribution in [0.5, 0.6) is 0 Å². The Morgan fingerprint density at radius 3 is 2.62 bits per heavy atom. The van der Waals surface area contributed by atoms with Crippen molar-refractivity contribution >= 4 is 38.6 Å². The minimum absolute atomic E-state index is 0.00605. The average molecular weight is 409 g/mol. The predicted octanol–water partition coefficient (Wildman–Crippen LogP) is 2.37. The molecule has 0 unspecified atom stereocenters. The predicted molar refractivity (Wildman–Crippen MR) is 111 cm³/mol. The Hall–Kier alpha value is -3.50. The largest absolute Gasteiger partial charge is 0.364 e. The van der Waals surface area contributed by atoms with Gasteiger partial charge in [0.1, 0.15) is 0 Å². The highest BCUT2D eigenvalue weighted by molar-refractivity contribution is 7.89. The van der Waals surface area contributed by atoms with Gasteiger partial charge in [-0.15, -0.1) is 0 Å². The van der Waals surface area contributed by atoms with Gasteiger partial charge in [-0.3, -0.25) is 0 Å². The normalized spacial score (nSPS) is 11.5. The van der Waals surface area contributed by atoms with Gasteiger partial charge in [-0.2, -0.15) is 9.97 Å². The minimum atomic E-state index is -3.80. The first kappa shape index (κ1) is 18.8. The highest BCUT2D eigenvalue weighted by atomic mass is 32.2. The number of primary sulfonamides is 1. The van der Waals surface area contributed by atoms with Crippen molar-refractivity contribution in [3.05, 3.63) is 66.5 Å². The zero-order chi connectivity index (χ0) is 20.4. The minimum Gasteiger partial charge on any atom is -0.364 e. The number of imidazole rings is 1. The van der Waals surface area contributed by atoms with Crippen LogP contribution in [0.25, 0.3) is 11.2 Å². The number of fused-ring (bicyclic) bond motifs is 1. The molecule has 9 nitrogen and oxygen atoms in total. The van der Waals surface area contributed by atoms with Crippen LogP contribution >= 0.6 is 0 Å². The van der Waals surface area contributed by atoms with Crippen LogP contribution in [0.1, 0.15) is 5.56 Å². The Morgan fingerprint density at radius 2 is 1.86 bits per heavy atom. The van der Waals surface area contributed by atoms with Crippen molar-refractivity contribution in [3.63, 3.8) is 0 Å². The van der Waals surface area contributed by atoms with E-state index in [-0.39, 0.29) is 4.90 Å². The number of sulfonamides is 1. The van der Waals surface area contributed by atoms with E-state index in [1.807, 2.05) is 37.4 Å². The Bertz CT molecular complexity index is 1270. The number of nitrogens with zero attached hydrogens (tertiary/aromatic N) is 4. The first-order valence-electron chi connectivity index (χ1n) is 8.77. The second-order valence-electron chi connectivity index (χ2n) is 6.46. The van der Waals surface area contributed by atoms with Gasteiger partial charge < -0.3 is 15.2 Å². The van der Waals surface area contributed by atoms with Gasteiger partial charge in [-0.25, -0.2) is 18.5 Å². The monoisotopic (exact) mass is 409 g/mol. The van der Waals surface area contributed by atoms with E-state index in [1.165, 1.54) is 12.1 Å². The lowest BCUT2D eigenvalue weighted by Gasteiger charge is -2.11. The summed E-state index contributed by atoms with van der Waals surface area (Å²) in [5, 5.41) is 11.5. The molecule has 148 valence electrons. The van der Waals surface area contributed by atoms with Crippen LogP contribution in [0.15, 0.2) is 65.8 Å². The van der Waals surface area contributed by atoms with Crippen molar-refractivity contribution < 1.29 is 8.42 Å². The Balaban J connectivity index is 1.67. The van der Waals surface area contributed by atoms with E-state index < -0.39 is 10.0 Å². The van der Waals surface area contributed by atoms with E-state index in [0.29, 0.717) is 35.2 Å². The van der Waals surface area contributed by atoms with Gasteiger partial charge in [0.05, 0.1) is 11.2 Å². The molecule has 4 rings (SSSR count). The molecule has 4 N–H and O–H groups in total. The van der Waals surface area contributed by atoms with Crippen molar-refractivity contribution in [3.8, 4) is 0 Å². The van der Waals surface area contributed by atoms with Crippen molar-refractivity contribution in [2.24, 2.45) is 12.2 Å². The number of benzene rings is 2. The fourth-order valence-electron chi connectivity index (χ4n) is 2.85. The molecule has 2 aromatic carbocycles. The molecule has 0 saturated heterocycles. The van der Waals surface area contributed by atoms with Crippen LogP contribution in [0.3, 0.4) is 0 Å². The van der Waals surface area contributed by atoms with Crippen molar-refractivity contribution in [1.29, 1.82) is 0 Å². The molecule has 0 aliphatic heterocycles. The molecule has 2 aromatic heterocycles. The molecule has 10 heteroatoms. The van der Waals surface area contributed by atoms with Crippen LogP contribution in [0, 0.1) is 0 Å². The third-order valence-electron chi connectivity index (χ3n) is 4.28. The van der Waals surface area contributed by atoms with Crippen LogP contribution in [0.4, 0.5) is 17.5 Å². The Morgan fingerprint density at radius 1 is 1.07 bits per heavy atom. The van der Waals surface area contributed by atoms with Gasteiger partial charge in [-0.05, 0) is 23.8 Å². The van der Waals surface area contributed by atoms with Gasteiger partial charge in [0.25, 0.3) is 0 Å². The van der Waals surface area contributed by atoms with Crippen LogP contribution in [0.2, 0.25) is 0 Å². The molecular formula is C19H19N7O2S. The Kier molecular flexibility index (Phi) is 4.87. The van der Waals surface area contributed by atoms with Crippen molar-refractivity contribution in [1.82, 2.24) is 19.5 Å². The summed E-state index contributed by atoms with van der Waals surface area (Å²) in [6.45, 7) is 0.573. The lowest BCUT2D eigenvalue weighted by atomic mass is 10.2. The number of nitrogens with two attached hydrogens (primary N) is 1. The summed E-state index contributed by atoms with van der Waals surface area (Å²) in [7, 11) is -1.96. The summed E-state index contributed by atoms with van der Waals surface area (Å²) >= 11 is 0. The topological polar surface area (TPSA) is 128 Å². The highest BCUT2D eigenvalue weighted by Crippen LogP contribution is 2.23. The molecule has 0 aliphatic rings. The van der Waals surface area contributed by atoms with Gasteiger partial charge in [0.2, 0.25) is 16.0 Å². The second kappa shape index (κ2) is 7.49. The first-order valence-corrected chi connectivity index (χ1v) is 10.3. The van der Waals surface area contributed by atoms with Crippen LogP contribution in [-0.2, 0) is 23.6 Å². The third-order valence-corrected chi connectivity index (χ3v) is 5.19. The SMILES string of the molecule is Cn1cnc2c(NCc3ccccc3)nc(Nc3cccc(S(N)(=O)=O)c3)nc21. The molecule has 0 spiro atoms. The molecule has 2 heterocycles. The summed E-state index contributed by atoms with van der Waals surface area (Å²) in [5.41, 5.74) is 2.89. The number of anilines is 3. The molecular weight excluding hydrogens is 390 g/mol. The quantitative estimate of drug-likeness (QED) is 0.446.